The summed E-state index contributed by atoms with van der Waals surface area (Å²) in [6.07, 6.45) is 2.31. The Morgan fingerprint density at radius 3 is 2.59 bits per heavy atom. The van der Waals surface area contributed by atoms with Gasteiger partial charge in [-0.15, -0.1) is 0 Å². The topological polar surface area (TPSA) is 15.8 Å². The van der Waals surface area contributed by atoms with E-state index in [9.17, 15) is 0 Å². The summed E-state index contributed by atoms with van der Waals surface area (Å²) in [4.78, 5) is 2.61. The third kappa shape index (κ3) is 2.24. The first kappa shape index (κ1) is 11.2. The number of ether oxygens (including phenoxy) is 1. The Hall–Kier alpha value is -0.860. The highest BCUT2D eigenvalue weighted by Crippen LogP contribution is 2.37. The van der Waals surface area contributed by atoms with Gasteiger partial charge >= 0.3 is 0 Å². The van der Waals surface area contributed by atoms with Crippen molar-refractivity contribution in [1.82, 2.24) is 4.90 Å². The Balaban J connectivity index is 1.80. The fourth-order valence-electron chi connectivity index (χ4n) is 3.13. The molecule has 2 heteroatoms. The molecule has 0 bridgehead atoms. The van der Waals surface area contributed by atoms with Crippen LogP contribution >= 0.6 is 0 Å². The van der Waals surface area contributed by atoms with Gasteiger partial charge in [0.1, 0.15) is 0 Å². The van der Waals surface area contributed by atoms with Crippen molar-refractivity contribution in [3.63, 3.8) is 0 Å². The molecule has 3 rings (SSSR count). The quantitative estimate of drug-likeness (QED) is 0.743. The molecule has 17 heavy (non-hydrogen) atoms. The zero-order valence-electron chi connectivity index (χ0n) is 10.7. The van der Waals surface area contributed by atoms with Crippen LogP contribution in [0.25, 0.3) is 0 Å². The molecule has 92 valence electrons. The van der Waals surface area contributed by atoms with E-state index in [2.05, 4.69) is 49.1 Å². The molecule has 2 heterocycles. The molecule has 3 unspecified atom stereocenters. The fourth-order valence-corrected chi connectivity index (χ4v) is 3.13. The lowest BCUT2D eigenvalue weighted by molar-refractivity contribution is 0.138. The second kappa shape index (κ2) is 4.43. The van der Waals surface area contributed by atoms with E-state index < -0.39 is 0 Å². The molecule has 0 amide bonds. The van der Waals surface area contributed by atoms with E-state index in [0.29, 0.717) is 24.2 Å². The van der Waals surface area contributed by atoms with E-state index in [1.54, 1.807) is 0 Å². The second-order valence-electron chi connectivity index (χ2n) is 5.60. The molecule has 2 aliphatic heterocycles. The van der Waals surface area contributed by atoms with Gasteiger partial charge in [-0.1, -0.05) is 44.2 Å². The van der Waals surface area contributed by atoms with Crippen molar-refractivity contribution < 1.29 is 4.74 Å². The molecule has 1 aromatic carbocycles. The molecule has 0 aliphatic carbocycles. The van der Waals surface area contributed by atoms with Gasteiger partial charge in [-0.3, -0.25) is 4.90 Å². The summed E-state index contributed by atoms with van der Waals surface area (Å²) in [5.41, 5.74) is 1.45. The zero-order chi connectivity index (χ0) is 11.8. The summed E-state index contributed by atoms with van der Waals surface area (Å²) in [6.45, 7) is 6.93. The van der Waals surface area contributed by atoms with Gasteiger partial charge in [0.2, 0.25) is 0 Å². The largest absolute Gasteiger partial charge is 0.368 e. The van der Waals surface area contributed by atoms with Crippen LogP contribution in [0.5, 0.6) is 0 Å². The smallest absolute Gasteiger partial charge is 0.0969 e. The van der Waals surface area contributed by atoms with E-state index in [0.717, 1.165) is 6.54 Å². The predicted octanol–water partition coefficient (Wildman–Crippen LogP) is 2.86. The molecule has 2 fully saturated rings. The molecule has 2 saturated heterocycles. The maximum atomic E-state index is 5.63. The van der Waals surface area contributed by atoms with Gasteiger partial charge < -0.3 is 4.74 Å². The second-order valence-corrected chi connectivity index (χ2v) is 5.60. The van der Waals surface area contributed by atoms with Crippen molar-refractivity contribution in [2.24, 2.45) is 5.92 Å². The first-order chi connectivity index (χ1) is 8.25. The van der Waals surface area contributed by atoms with Crippen molar-refractivity contribution in [2.45, 2.75) is 38.5 Å². The van der Waals surface area contributed by atoms with E-state index in [1.165, 1.54) is 18.5 Å². The van der Waals surface area contributed by atoms with Gasteiger partial charge in [-0.2, -0.15) is 0 Å². The molecular weight excluding hydrogens is 210 g/mol. The number of benzene rings is 1. The van der Waals surface area contributed by atoms with Crippen LogP contribution in [-0.4, -0.2) is 30.2 Å². The Bertz CT molecular complexity index is 376. The average molecular weight is 231 g/mol. The van der Waals surface area contributed by atoms with Gasteiger partial charge in [-0.05, 0) is 17.9 Å². The average Bonchev–Trinajstić information content (AvgIpc) is 3.08. The number of hydrogen-bond donors (Lipinski definition) is 0. The number of hydrogen-bond acceptors (Lipinski definition) is 2. The molecule has 1 aromatic rings. The number of fused-ring (bicyclic) bond motifs is 1. The molecule has 0 spiro atoms. The van der Waals surface area contributed by atoms with Gasteiger partial charge in [0.25, 0.3) is 0 Å². The minimum atomic E-state index is 0.522. The fraction of sp³-hybridized carbons (Fsp3) is 0.600. The van der Waals surface area contributed by atoms with E-state index in [4.69, 9.17) is 4.74 Å². The summed E-state index contributed by atoms with van der Waals surface area (Å²) < 4.78 is 5.63. The zero-order valence-corrected chi connectivity index (χ0v) is 10.7. The number of rotatable bonds is 3. The van der Waals surface area contributed by atoms with Crippen LogP contribution in [0.15, 0.2) is 30.3 Å². The molecule has 3 atom stereocenters. The Morgan fingerprint density at radius 2 is 1.94 bits per heavy atom. The van der Waals surface area contributed by atoms with Crippen LogP contribution in [-0.2, 0) is 4.74 Å². The van der Waals surface area contributed by atoms with Crippen molar-refractivity contribution in [3.8, 4) is 0 Å². The predicted molar refractivity (Wildman–Crippen MR) is 68.9 cm³/mol. The Labute approximate surface area is 104 Å². The summed E-state index contributed by atoms with van der Waals surface area (Å²) in [6, 6.07) is 11.4. The lowest BCUT2D eigenvalue weighted by atomic mass is 9.92. The van der Waals surface area contributed by atoms with Crippen molar-refractivity contribution in [1.29, 1.82) is 0 Å². The Morgan fingerprint density at radius 1 is 1.18 bits per heavy atom. The van der Waals surface area contributed by atoms with Crippen molar-refractivity contribution >= 4 is 0 Å². The van der Waals surface area contributed by atoms with Gasteiger partial charge in [0, 0.05) is 19.1 Å². The summed E-state index contributed by atoms with van der Waals surface area (Å²) >= 11 is 0. The number of likely N-dealkylation sites (tertiary alicyclic amines) is 1. The van der Waals surface area contributed by atoms with E-state index in [1.807, 2.05) is 0 Å². The van der Waals surface area contributed by atoms with Crippen LogP contribution in [0.3, 0.4) is 0 Å². The monoisotopic (exact) mass is 231 g/mol. The maximum Gasteiger partial charge on any atom is 0.0969 e. The van der Waals surface area contributed by atoms with Crippen LogP contribution in [0, 0.1) is 5.92 Å². The highest BCUT2D eigenvalue weighted by Gasteiger charge is 2.45. The van der Waals surface area contributed by atoms with E-state index in [-0.39, 0.29) is 0 Å². The summed E-state index contributed by atoms with van der Waals surface area (Å²) in [5, 5.41) is 0. The van der Waals surface area contributed by atoms with Gasteiger partial charge in [0.05, 0.1) is 12.2 Å². The first-order valence-electron chi connectivity index (χ1n) is 6.70. The highest BCUT2D eigenvalue weighted by atomic mass is 16.6. The maximum absolute atomic E-state index is 5.63. The Kier molecular flexibility index (Phi) is 2.93. The first-order valence-corrected chi connectivity index (χ1v) is 6.70. The molecule has 0 aromatic heterocycles. The third-order valence-electron chi connectivity index (χ3n) is 3.97. The summed E-state index contributed by atoms with van der Waals surface area (Å²) in [7, 11) is 0. The standard InChI is InChI=1S/C15H21NO/c1-11(2)15(12-6-4-3-5-7-12)16-9-8-13-14(10-16)17-13/h3-7,11,13-15H,8-10H2,1-2H3. The molecular formula is C15H21NO. The normalized spacial score (nSPS) is 30.1. The molecule has 2 nitrogen and oxygen atoms in total. The number of epoxide rings is 1. The van der Waals surface area contributed by atoms with Crippen molar-refractivity contribution in [3.05, 3.63) is 35.9 Å². The number of piperidine rings is 1. The molecule has 0 N–H and O–H groups in total. The van der Waals surface area contributed by atoms with Crippen LogP contribution < -0.4 is 0 Å². The van der Waals surface area contributed by atoms with Crippen molar-refractivity contribution in [2.75, 3.05) is 13.1 Å². The minimum absolute atomic E-state index is 0.522. The lowest BCUT2D eigenvalue weighted by Crippen LogP contribution is -2.39. The van der Waals surface area contributed by atoms with Gasteiger partial charge in [-0.25, -0.2) is 0 Å². The van der Waals surface area contributed by atoms with Crippen LogP contribution in [0.1, 0.15) is 31.9 Å². The van der Waals surface area contributed by atoms with E-state index >= 15 is 0 Å². The molecule has 0 saturated carbocycles. The molecule has 2 aliphatic rings. The molecule has 0 radical (unpaired) electrons. The van der Waals surface area contributed by atoms with Crippen LogP contribution in [0.2, 0.25) is 0 Å². The summed E-state index contributed by atoms with van der Waals surface area (Å²) in [5.74, 6) is 0.646. The number of nitrogens with zero attached hydrogens (tertiary/aromatic N) is 1. The highest BCUT2D eigenvalue weighted by molar-refractivity contribution is 5.20. The third-order valence-corrected chi connectivity index (χ3v) is 3.97. The van der Waals surface area contributed by atoms with Crippen LogP contribution in [0.4, 0.5) is 0 Å². The SMILES string of the molecule is CC(C)C(c1ccccc1)N1CCC2OC2C1. The van der Waals surface area contributed by atoms with Gasteiger partial charge in [0.15, 0.2) is 0 Å². The lowest BCUT2D eigenvalue weighted by Gasteiger charge is -2.36. The minimum Gasteiger partial charge on any atom is -0.368 e.